The topological polar surface area (TPSA) is 33.1 Å². The number of rotatable bonds is 2. The van der Waals surface area contributed by atoms with E-state index in [0.717, 1.165) is 0 Å². The van der Waals surface area contributed by atoms with Crippen LogP contribution in [-0.4, -0.2) is 10.1 Å². The van der Waals surface area contributed by atoms with Crippen LogP contribution in [0, 0.1) is 5.82 Å². The quantitative estimate of drug-likeness (QED) is 0.812. The normalized spacial score (nSPS) is 12.2. The number of hydrogen-bond acceptors (Lipinski definition) is 2. The van der Waals surface area contributed by atoms with Crippen molar-refractivity contribution in [2.45, 2.75) is 19.2 Å². The summed E-state index contributed by atoms with van der Waals surface area (Å²) in [4.78, 5) is 2.93. The first-order valence-corrected chi connectivity index (χ1v) is 3.92. The minimum absolute atomic E-state index is 0.0795. The maximum atomic E-state index is 13.1. The highest BCUT2D eigenvalue weighted by molar-refractivity contribution is 5.31. The third-order valence-electron chi connectivity index (χ3n) is 1.80. The Morgan fingerprint density at radius 3 is 2.25 bits per heavy atom. The van der Waals surface area contributed by atoms with Crippen molar-refractivity contribution in [3.8, 4) is 0 Å². The van der Waals surface area contributed by atoms with Crippen molar-refractivity contribution < 1.29 is 31.4 Å². The number of alkyl halides is 5. The van der Waals surface area contributed by atoms with Crippen molar-refractivity contribution in [3.05, 3.63) is 28.8 Å². The molecule has 0 amide bonds. The van der Waals surface area contributed by atoms with Gasteiger partial charge in [-0.25, -0.2) is 13.2 Å². The summed E-state index contributed by atoms with van der Waals surface area (Å²) in [7, 11) is 0. The van der Waals surface area contributed by atoms with Gasteiger partial charge in [0.25, 0.3) is 6.43 Å². The Hall–Kier alpha value is -1.31. The molecule has 1 aromatic rings. The lowest BCUT2D eigenvalue weighted by molar-refractivity contribution is -0.140. The Bertz CT molecular complexity index is 389. The fourth-order valence-electron chi connectivity index (χ4n) is 1.09. The molecule has 0 unspecified atom stereocenters. The number of halogens is 6. The predicted molar refractivity (Wildman–Crippen MR) is 40.1 cm³/mol. The van der Waals surface area contributed by atoms with Gasteiger partial charge in [0, 0.05) is 6.20 Å². The van der Waals surface area contributed by atoms with Crippen LogP contribution < -0.4 is 0 Å². The van der Waals surface area contributed by atoms with Gasteiger partial charge in [-0.05, 0) is 0 Å². The zero-order valence-electron chi connectivity index (χ0n) is 7.52. The summed E-state index contributed by atoms with van der Waals surface area (Å²) in [6, 6.07) is 0. The van der Waals surface area contributed by atoms with E-state index in [0.29, 0.717) is 0 Å². The Balaban J connectivity index is 3.47. The van der Waals surface area contributed by atoms with E-state index in [2.05, 4.69) is 4.98 Å². The Kier molecular flexibility index (Phi) is 3.41. The third-order valence-corrected chi connectivity index (χ3v) is 1.80. The molecule has 0 aliphatic carbocycles. The van der Waals surface area contributed by atoms with Gasteiger partial charge < -0.3 is 5.11 Å². The van der Waals surface area contributed by atoms with E-state index in [4.69, 9.17) is 5.11 Å². The largest absolute Gasteiger partial charge is 0.418 e. The monoisotopic (exact) mass is 245 g/mol. The summed E-state index contributed by atoms with van der Waals surface area (Å²) in [6.45, 7) is -1.05. The van der Waals surface area contributed by atoms with E-state index in [1.807, 2.05) is 0 Å². The molecule has 1 rings (SSSR count). The summed E-state index contributed by atoms with van der Waals surface area (Å²) in [5.41, 5.74) is -4.47. The number of aliphatic hydroxyl groups excluding tert-OH is 1. The summed E-state index contributed by atoms with van der Waals surface area (Å²) in [5, 5.41) is 8.49. The number of nitrogens with zero attached hydrogens (tertiary/aromatic N) is 1. The molecule has 0 saturated heterocycles. The van der Waals surface area contributed by atoms with Gasteiger partial charge in [0.05, 0.1) is 17.7 Å². The molecule has 16 heavy (non-hydrogen) atoms. The lowest BCUT2D eigenvalue weighted by Gasteiger charge is -2.13. The fraction of sp³-hybridized carbons (Fsp3) is 0.375. The van der Waals surface area contributed by atoms with Crippen molar-refractivity contribution in [2.75, 3.05) is 0 Å². The van der Waals surface area contributed by atoms with Crippen LogP contribution in [0.15, 0.2) is 6.20 Å². The molecule has 0 spiro atoms. The van der Waals surface area contributed by atoms with Crippen molar-refractivity contribution in [3.63, 3.8) is 0 Å². The Morgan fingerprint density at radius 1 is 1.31 bits per heavy atom. The molecule has 0 aliphatic heterocycles. The lowest BCUT2D eigenvalue weighted by atomic mass is 10.1. The van der Waals surface area contributed by atoms with Crippen molar-refractivity contribution >= 4 is 0 Å². The molecule has 0 radical (unpaired) electrons. The molecule has 1 N–H and O–H groups in total. The van der Waals surface area contributed by atoms with Gasteiger partial charge in [0.1, 0.15) is 5.69 Å². The van der Waals surface area contributed by atoms with Gasteiger partial charge >= 0.3 is 6.18 Å². The first kappa shape index (κ1) is 12.8. The molecule has 0 saturated carbocycles. The van der Waals surface area contributed by atoms with Crippen LogP contribution in [-0.2, 0) is 12.8 Å². The van der Waals surface area contributed by atoms with Crippen molar-refractivity contribution in [2.24, 2.45) is 0 Å². The SMILES string of the molecule is OCc1ncc(C(F)(F)F)c(C(F)F)c1F. The molecular formula is C8H5F6NO. The van der Waals surface area contributed by atoms with Gasteiger partial charge in [-0.15, -0.1) is 0 Å². The predicted octanol–water partition coefficient (Wildman–Crippen LogP) is 2.67. The van der Waals surface area contributed by atoms with Gasteiger partial charge in [0.2, 0.25) is 0 Å². The van der Waals surface area contributed by atoms with Gasteiger partial charge in [0.15, 0.2) is 5.82 Å². The molecule has 0 atom stereocenters. The van der Waals surface area contributed by atoms with E-state index < -0.39 is 41.8 Å². The molecule has 8 heteroatoms. The Morgan fingerprint density at radius 2 is 1.88 bits per heavy atom. The van der Waals surface area contributed by atoms with Gasteiger partial charge in [-0.1, -0.05) is 0 Å². The second kappa shape index (κ2) is 4.28. The van der Waals surface area contributed by atoms with Crippen molar-refractivity contribution in [1.82, 2.24) is 4.98 Å². The van der Waals surface area contributed by atoms with E-state index in [1.54, 1.807) is 0 Å². The van der Waals surface area contributed by atoms with Crippen LogP contribution in [0.2, 0.25) is 0 Å². The van der Waals surface area contributed by atoms with Gasteiger partial charge in [-0.3, -0.25) is 4.98 Å². The van der Waals surface area contributed by atoms with Crippen LogP contribution in [0.5, 0.6) is 0 Å². The highest BCUT2D eigenvalue weighted by Crippen LogP contribution is 2.37. The molecule has 0 bridgehead atoms. The Labute approximate surface area is 85.5 Å². The highest BCUT2D eigenvalue weighted by atomic mass is 19.4. The second-order valence-corrected chi connectivity index (χ2v) is 2.80. The zero-order valence-corrected chi connectivity index (χ0v) is 7.52. The zero-order chi connectivity index (χ0) is 12.5. The molecule has 1 heterocycles. The number of hydrogen-bond donors (Lipinski definition) is 1. The summed E-state index contributed by atoms with van der Waals surface area (Å²) in [5.74, 6) is -1.83. The molecule has 0 fully saturated rings. The van der Waals surface area contributed by atoms with Crippen LogP contribution in [0.1, 0.15) is 23.2 Å². The van der Waals surface area contributed by atoms with E-state index in [1.165, 1.54) is 0 Å². The number of aromatic nitrogens is 1. The number of pyridine rings is 1. The average Bonchev–Trinajstić information content (AvgIpc) is 2.15. The number of aliphatic hydroxyl groups is 1. The first-order chi connectivity index (χ1) is 7.29. The second-order valence-electron chi connectivity index (χ2n) is 2.80. The minimum atomic E-state index is -5.12. The molecule has 0 aliphatic rings. The minimum Gasteiger partial charge on any atom is -0.390 e. The first-order valence-electron chi connectivity index (χ1n) is 3.92. The third kappa shape index (κ3) is 2.26. The average molecular weight is 245 g/mol. The molecule has 2 nitrogen and oxygen atoms in total. The van der Waals surface area contributed by atoms with Crippen molar-refractivity contribution in [1.29, 1.82) is 0 Å². The smallest absolute Gasteiger partial charge is 0.390 e. The van der Waals surface area contributed by atoms with E-state index in [-0.39, 0.29) is 6.20 Å². The van der Waals surface area contributed by atoms with Gasteiger partial charge in [-0.2, -0.15) is 13.2 Å². The molecule has 0 aromatic carbocycles. The van der Waals surface area contributed by atoms with Crippen LogP contribution in [0.4, 0.5) is 26.3 Å². The highest BCUT2D eigenvalue weighted by Gasteiger charge is 2.38. The molecule has 1 aromatic heterocycles. The van der Waals surface area contributed by atoms with E-state index >= 15 is 0 Å². The lowest BCUT2D eigenvalue weighted by Crippen LogP contribution is -2.14. The van der Waals surface area contributed by atoms with Crippen LogP contribution in [0.25, 0.3) is 0 Å². The summed E-state index contributed by atoms with van der Waals surface area (Å²) < 4.78 is 74.3. The summed E-state index contributed by atoms with van der Waals surface area (Å²) in [6.07, 6.45) is -8.67. The standard InChI is InChI=1S/C8H5F6NO/c9-6-4(2-16)15-1-3(8(12,13)14)5(6)7(10)11/h1,7,16H,2H2. The maximum absolute atomic E-state index is 13.1. The molecular weight excluding hydrogens is 240 g/mol. The van der Waals surface area contributed by atoms with Crippen LogP contribution in [0.3, 0.4) is 0 Å². The van der Waals surface area contributed by atoms with Crippen LogP contribution >= 0.6 is 0 Å². The van der Waals surface area contributed by atoms with E-state index in [9.17, 15) is 26.3 Å². The summed E-state index contributed by atoms with van der Waals surface area (Å²) >= 11 is 0. The molecule has 90 valence electrons. The maximum Gasteiger partial charge on any atom is 0.418 e. The fourth-order valence-corrected chi connectivity index (χ4v) is 1.09.